The van der Waals surface area contributed by atoms with Gasteiger partial charge in [0.1, 0.15) is 11.3 Å². The minimum absolute atomic E-state index is 0.120. The third kappa shape index (κ3) is 4.39. The molecule has 138 valence electrons. The Hall–Kier alpha value is -2.35. The zero-order chi connectivity index (χ0) is 18.8. The van der Waals surface area contributed by atoms with Gasteiger partial charge in [0.15, 0.2) is 0 Å². The molecule has 1 aromatic rings. The summed E-state index contributed by atoms with van der Waals surface area (Å²) in [4.78, 5) is 30.0. The highest BCUT2D eigenvalue weighted by Crippen LogP contribution is 2.32. The van der Waals surface area contributed by atoms with Gasteiger partial charge in [-0.25, -0.2) is 14.6 Å². The van der Waals surface area contributed by atoms with Crippen LogP contribution in [0.25, 0.3) is 0 Å². The first-order chi connectivity index (χ1) is 11.6. The highest BCUT2D eigenvalue weighted by molar-refractivity contribution is 5.87. The fourth-order valence-electron chi connectivity index (χ4n) is 2.67. The van der Waals surface area contributed by atoms with Crippen molar-refractivity contribution in [2.75, 3.05) is 26.1 Å². The van der Waals surface area contributed by atoms with Crippen molar-refractivity contribution in [3.8, 4) is 0 Å². The van der Waals surface area contributed by atoms with E-state index in [9.17, 15) is 9.59 Å². The number of hydrogen-bond acceptors (Lipinski definition) is 7. The van der Waals surface area contributed by atoms with Crippen molar-refractivity contribution in [2.24, 2.45) is 0 Å². The van der Waals surface area contributed by atoms with Gasteiger partial charge < -0.3 is 19.9 Å². The molecule has 2 N–H and O–H groups in total. The van der Waals surface area contributed by atoms with Gasteiger partial charge in [0.25, 0.3) is 0 Å². The molecule has 0 aliphatic carbocycles. The lowest BCUT2D eigenvalue weighted by Crippen LogP contribution is -2.51. The molecule has 0 aromatic carbocycles. The first kappa shape index (κ1) is 19.0. The Kier molecular flexibility index (Phi) is 5.52. The largest absolute Gasteiger partial charge is 0.464 e. The first-order valence-electron chi connectivity index (χ1n) is 8.07. The molecule has 2 atom stereocenters. The average Bonchev–Trinajstić information content (AvgIpc) is 2.52. The van der Waals surface area contributed by atoms with E-state index in [0.717, 1.165) is 0 Å². The third-order valence-corrected chi connectivity index (χ3v) is 3.77. The SMILES string of the molecule is COC(=O)c1cc([C@@H]2COC[C@H](C)N2C(=O)OC(C)(C)C)c(N)cn1. The average molecular weight is 351 g/mol. The van der Waals surface area contributed by atoms with Crippen LogP contribution in [-0.4, -0.2) is 53.9 Å². The molecule has 0 bridgehead atoms. The summed E-state index contributed by atoms with van der Waals surface area (Å²) in [6, 6.07) is 0.845. The molecule has 1 aliphatic heterocycles. The van der Waals surface area contributed by atoms with E-state index < -0.39 is 23.7 Å². The van der Waals surface area contributed by atoms with Gasteiger partial charge in [0, 0.05) is 5.56 Å². The Labute approximate surface area is 147 Å². The molecule has 1 aliphatic rings. The van der Waals surface area contributed by atoms with Gasteiger partial charge in [-0.3, -0.25) is 4.90 Å². The fourth-order valence-corrected chi connectivity index (χ4v) is 2.67. The number of morpholine rings is 1. The number of carbonyl (C=O) groups is 2. The molecule has 1 aromatic heterocycles. The van der Waals surface area contributed by atoms with Crippen LogP contribution in [0.15, 0.2) is 12.3 Å². The molecule has 8 heteroatoms. The van der Waals surface area contributed by atoms with E-state index in [-0.39, 0.29) is 18.3 Å². The molecule has 0 radical (unpaired) electrons. The van der Waals surface area contributed by atoms with Gasteiger partial charge in [-0.15, -0.1) is 0 Å². The number of hydrogen-bond donors (Lipinski definition) is 1. The number of anilines is 1. The van der Waals surface area contributed by atoms with E-state index in [1.807, 2.05) is 6.92 Å². The number of nitrogen functional groups attached to an aromatic ring is 1. The zero-order valence-electron chi connectivity index (χ0n) is 15.2. The minimum Gasteiger partial charge on any atom is -0.464 e. The monoisotopic (exact) mass is 351 g/mol. The van der Waals surface area contributed by atoms with Gasteiger partial charge >= 0.3 is 12.1 Å². The molecular formula is C17H25N3O5. The van der Waals surface area contributed by atoms with Gasteiger partial charge in [0.2, 0.25) is 0 Å². The summed E-state index contributed by atoms with van der Waals surface area (Å²) < 4.78 is 15.8. The van der Waals surface area contributed by atoms with Gasteiger partial charge in [-0.05, 0) is 33.8 Å². The van der Waals surface area contributed by atoms with Crippen LogP contribution in [0.3, 0.4) is 0 Å². The molecule has 0 spiro atoms. The highest BCUT2D eigenvalue weighted by Gasteiger charge is 2.37. The van der Waals surface area contributed by atoms with Crippen LogP contribution in [0, 0.1) is 0 Å². The smallest absolute Gasteiger partial charge is 0.411 e. The summed E-state index contributed by atoms with van der Waals surface area (Å²) >= 11 is 0. The van der Waals surface area contributed by atoms with Gasteiger partial charge in [0.05, 0.1) is 44.3 Å². The number of nitrogens with two attached hydrogens (primary N) is 1. The van der Waals surface area contributed by atoms with Crippen LogP contribution in [-0.2, 0) is 14.2 Å². The number of methoxy groups -OCH3 is 1. The second kappa shape index (κ2) is 7.26. The first-order valence-corrected chi connectivity index (χ1v) is 8.07. The number of nitrogens with zero attached hydrogens (tertiary/aromatic N) is 2. The summed E-state index contributed by atoms with van der Waals surface area (Å²) in [5.74, 6) is -0.574. The molecule has 25 heavy (non-hydrogen) atoms. The Bertz CT molecular complexity index is 656. The summed E-state index contributed by atoms with van der Waals surface area (Å²) in [6.45, 7) is 7.93. The molecule has 8 nitrogen and oxygen atoms in total. The molecule has 0 unspecified atom stereocenters. The predicted octanol–water partition coefficient (Wildman–Crippen LogP) is 2.15. The lowest BCUT2D eigenvalue weighted by atomic mass is 10.0. The van der Waals surface area contributed by atoms with E-state index in [1.165, 1.54) is 19.4 Å². The van der Waals surface area contributed by atoms with Gasteiger partial charge in [-0.1, -0.05) is 0 Å². The number of pyridine rings is 1. The predicted molar refractivity (Wildman–Crippen MR) is 91.1 cm³/mol. The van der Waals surface area contributed by atoms with Crippen molar-refractivity contribution in [2.45, 2.75) is 45.4 Å². The molecular weight excluding hydrogens is 326 g/mol. The van der Waals surface area contributed by atoms with Crippen LogP contribution < -0.4 is 5.73 Å². The topological polar surface area (TPSA) is 104 Å². The van der Waals surface area contributed by atoms with Crippen LogP contribution in [0.5, 0.6) is 0 Å². The molecule has 1 fully saturated rings. The maximum Gasteiger partial charge on any atom is 0.411 e. The van der Waals surface area contributed by atoms with E-state index in [0.29, 0.717) is 17.9 Å². The Morgan fingerprint density at radius 1 is 1.36 bits per heavy atom. The van der Waals surface area contributed by atoms with Crippen molar-refractivity contribution in [3.05, 3.63) is 23.5 Å². The molecule has 0 saturated carbocycles. The summed E-state index contributed by atoms with van der Waals surface area (Å²) in [5.41, 5.74) is 6.48. The maximum absolute atomic E-state index is 12.7. The van der Waals surface area contributed by atoms with Crippen molar-refractivity contribution >= 4 is 17.7 Å². The Morgan fingerprint density at radius 2 is 2.04 bits per heavy atom. The number of esters is 1. The second-order valence-electron chi connectivity index (χ2n) is 6.98. The second-order valence-corrected chi connectivity index (χ2v) is 6.98. The molecule has 2 heterocycles. The van der Waals surface area contributed by atoms with Crippen LogP contribution in [0.1, 0.15) is 49.8 Å². The van der Waals surface area contributed by atoms with Crippen LogP contribution in [0.4, 0.5) is 10.5 Å². The normalized spacial score (nSPS) is 20.9. The van der Waals surface area contributed by atoms with Crippen molar-refractivity contribution < 1.29 is 23.8 Å². The Balaban J connectivity index is 2.40. The minimum atomic E-state index is -0.624. The van der Waals surface area contributed by atoms with Crippen molar-refractivity contribution in [3.63, 3.8) is 0 Å². The standard InChI is InChI=1S/C17H25N3O5/c1-10-8-24-9-14(20(10)16(22)25-17(2,3)4)11-6-13(15(21)23-5)19-7-12(11)18/h6-7,10,14H,8-9,18H2,1-5H3/t10-,14-/m0/s1. The van der Waals surface area contributed by atoms with E-state index in [2.05, 4.69) is 4.98 Å². The zero-order valence-corrected chi connectivity index (χ0v) is 15.2. The fraction of sp³-hybridized carbons (Fsp3) is 0.588. The quantitative estimate of drug-likeness (QED) is 0.814. The lowest BCUT2D eigenvalue weighted by molar-refractivity contribution is -0.0571. The van der Waals surface area contributed by atoms with E-state index in [1.54, 1.807) is 25.7 Å². The molecule has 1 saturated heterocycles. The number of amides is 1. The lowest BCUT2D eigenvalue weighted by Gasteiger charge is -2.41. The summed E-state index contributed by atoms with van der Waals surface area (Å²) in [6.07, 6.45) is 0.929. The summed E-state index contributed by atoms with van der Waals surface area (Å²) in [7, 11) is 1.28. The Morgan fingerprint density at radius 3 is 2.64 bits per heavy atom. The van der Waals surface area contributed by atoms with Gasteiger partial charge in [-0.2, -0.15) is 0 Å². The van der Waals surface area contributed by atoms with Crippen molar-refractivity contribution in [1.82, 2.24) is 9.88 Å². The molecule has 2 rings (SSSR count). The number of rotatable bonds is 2. The number of aromatic nitrogens is 1. The van der Waals surface area contributed by atoms with Crippen LogP contribution in [0.2, 0.25) is 0 Å². The number of ether oxygens (including phenoxy) is 3. The third-order valence-electron chi connectivity index (χ3n) is 3.77. The van der Waals surface area contributed by atoms with E-state index >= 15 is 0 Å². The number of carbonyl (C=O) groups excluding carboxylic acids is 2. The highest BCUT2D eigenvalue weighted by atomic mass is 16.6. The summed E-state index contributed by atoms with van der Waals surface area (Å²) in [5, 5.41) is 0. The molecule has 1 amide bonds. The van der Waals surface area contributed by atoms with E-state index in [4.69, 9.17) is 19.9 Å². The van der Waals surface area contributed by atoms with Crippen molar-refractivity contribution in [1.29, 1.82) is 0 Å². The van der Waals surface area contributed by atoms with Crippen LogP contribution >= 0.6 is 0 Å². The maximum atomic E-state index is 12.7.